The van der Waals surface area contributed by atoms with Crippen molar-refractivity contribution < 1.29 is 14.4 Å². The highest BCUT2D eigenvalue weighted by Gasteiger charge is 2.28. The molecule has 1 heterocycles. The van der Waals surface area contributed by atoms with Gasteiger partial charge in [-0.25, -0.2) is 9.59 Å². The molecule has 164 valence electrons. The van der Waals surface area contributed by atoms with Gasteiger partial charge in [0.1, 0.15) is 0 Å². The molecule has 1 aliphatic rings. The molecule has 0 radical (unpaired) electrons. The van der Waals surface area contributed by atoms with Crippen LogP contribution in [0.2, 0.25) is 0 Å². The minimum atomic E-state index is -0.342. The molecule has 4 N–H and O–H groups in total. The largest absolute Gasteiger partial charge is 0.356 e. The van der Waals surface area contributed by atoms with Crippen LogP contribution in [-0.2, 0) is 4.79 Å². The van der Waals surface area contributed by atoms with Gasteiger partial charge in [-0.15, -0.1) is 0 Å². The molecule has 0 bridgehead atoms. The summed E-state index contributed by atoms with van der Waals surface area (Å²) in [5, 5.41) is 11.2. The van der Waals surface area contributed by atoms with Gasteiger partial charge in [0, 0.05) is 36.7 Å². The molecule has 1 saturated heterocycles. The maximum absolute atomic E-state index is 12.6. The lowest BCUT2D eigenvalue weighted by molar-refractivity contribution is -0.126. The van der Waals surface area contributed by atoms with Gasteiger partial charge >= 0.3 is 12.1 Å². The van der Waals surface area contributed by atoms with Crippen molar-refractivity contribution in [3.8, 4) is 0 Å². The van der Waals surface area contributed by atoms with Crippen LogP contribution in [0.25, 0.3) is 0 Å². The van der Waals surface area contributed by atoms with Gasteiger partial charge in [-0.05, 0) is 63.1 Å². The average molecular weight is 424 g/mol. The quantitative estimate of drug-likeness (QED) is 0.584. The lowest BCUT2D eigenvalue weighted by Gasteiger charge is -2.32. The maximum Gasteiger partial charge on any atom is 0.323 e. The van der Waals surface area contributed by atoms with Crippen LogP contribution in [-0.4, -0.2) is 42.5 Å². The normalized spacial score (nSPS) is 15.7. The Bertz CT molecular complexity index is 912. The van der Waals surface area contributed by atoms with E-state index in [1.165, 1.54) is 0 Å². The van der Waals surface area contributed by atoms with Gasteiger partial charge in [-0.3, -0.25) is 4.79 Å². The minimum Gasteiger partial charge on any atom is -0.356 e. The first kappa shape index (κ1) is 22.1. The Kier molecular flexibility index (Phi) is 7.48. The molecule has 2 aromatic carbocycles. The number of nitrogens with one attached hydrogen (secondary N) is 4. The highest BCUT2D eigenvalue weighted by Crippen LogP contribution is 2.19. The van der Waals surface area contributed by atoms with Gasteiger partial charge < -0.3 is 26.2 Å². The van der Waals surface area contributed by atoms with Crippen molar-refractivity contribution in [3.63, 3.8) is 0 Å². The topological polar surface area (TPSA) is 103 Å². The molecule has 1 atom stereocenters. The van der Waals surface area contributed by atoms with Crippen LogP contribution in [0, 0.1) is 12.8 Å². The van der Waals surface area contributed by atoms with E-state index in [-0.39, 0.29) is 23.9 Å². The third-order valence-electron chi connectivity index (χ3n) is 5.13. The molecular weight excluding hydrogens is 394 g/mol. The van der Waals surface area contributed by atoms with Crippen LogP contribution < -0.4 is 21.3 Å². The zero-order chi connectivity index (χ0) is 22.2. The molecule has 0 aliphatic carbocycles. The summed E-state index contributed by atoms with van der Waals surface area (Å²) in [4.78, 5) is 38.5. The predicted octanol–water partition coefficient (Wildman–Crippen LogP) is 4.02. The summed E-state index contributed by atoms with van der Waals surface area (Å²) in [6.07, 6.45) is 1.59. The van der Waals surface area contributed by atoms with Gasteiger partial charge in [0.25, 0.3) is 0 Å². The smallest absolute Gasteiger partial charge is 0.323 e. The fraction of sp³-hybridized carbons (Fsp3) is 0.348. The zero-order valence-corrected chi connectivity index (χ0v) is 17.9. The Morgan fingerprint density at radius 2 is 1.45 bits per heavy atom. The van der Waals surface area contributed by atoms with Crippen molar-refractivity contribution in [3.05, 3.63) is 54.1 Å². The Labute approximate surface area is 182 Å². The van der Waals surface area contributed by atoms with Crippen LogP contribution in [0.5, 0.6) is 0 Å². The van der Waals surface area contributed by atoms with Crippen LogP contribution in [0.4, 0.5) is 26.7 Å². The lowest BCUT2D eigenvalue weighted by Crippen LogP contribution is -2.46. The number of hydrogen-bond donors (Lipinski definition) is 4. The van der Waals surface area contributed by atoms with Gasteiger partial charge in [0.2, 0.25) is 5.91 Å². The summed E-state index contributed by atoms with van der Waals surface area (Å²) in [6.45, 7) is 5.49. The van der Waals surface area contributed by atoms with E-state index in [9.17, 15) is 14.4 Å². The highest BCUT2D eigenvalue weighted by molar-refractivity contribution is 6.00. The van der Waals surface area contributed by atoms with Crippen molar-refractivity contribution in [1.29, 1.82) is 0 Å². The van der Waals surface area contributed by atoms with E-state index in [0.29, 0.717) is 36.7 Å². The Hall–Kier alpha value is -3.55. The zero-order valence-electron chi connectivity index (χ0n) is 17.9. The summed E-state index contributed by atoms with van der Waals surface area (Å²) >= 11 is 0. The van der Waals surface area contributed by atoms with E-state index in [0.717, 1.165) is 18.4 Å². The molecule has 0 unspecified atom stereocenters. The number of hydrogen-bond acceptors (Lipinski definition) is 3. The van der Waals surface area contributed by atoms with E-state index >= 15 is 0 Å². The number of likely N-dealkylation sites (tertiary alicyclic amines) is 1. The van der Waals surface area contributed by atoms with E-state index in [1.54, 1.807) is 29.2 Å². The third kappa shape index (κ3) is 6.47. The molecule has 5 amide bonds. The van der Waals surface area contributed by atoms with Crippen molar-refractivity contribution in [1.82, 2.24) is 10.2 Å². The van der Waals surface area contributed by atoms with Crippen molar-refractivity contribution in [2.75, 3.05) is 35.6 Å². The second-order valence-electron chi connectivity index (χ2n) is 7.63. The second kappa shape index (κ2) is 10.5. The van der Waals surface area contributed by atoms with Crippen LogP contribution in [0.3, 0.4) is 0 Å². The second-order valence-corrected chi connectivity index (χ2v) is 7.63. The Morgan fingerprint density at radius 1 is 0.903 bits per heavy atom. The van der Waals surface area contributed by atoms with Crippen molar-refractivity contribution in [2.45, 2.75) is 26.7 Å². The number of benzene rings is 2. The fourth-order valence-electron chi connectivity index (χ4n) is 3.46. The monoisotopic (exact) mass is 423 g/mol. The third-order valence-corrected chi connectivity index (χ3v) is 5.13. The molecule has 2 aromatic rings. The Balaban J connectivity index is 1.50. The van der Waals surface area contributed by atoms with Crippen LogP contribution in [0.1, 0.15) is 25.3 Å². The van der Waals surface area contributed by atoms with Crippen molar-refractivity contribution in [2.24, 2.45) is 5.92 Å². The van der Waals surface area contributed by atoms with Gasteiger partial charge in [0.15, 0.2) is 0 Å². The Morgan fingerprint density at radius 3 is 2.03 bits per heavy atom. The van der Waals surface area contributed by atoms with E-state index in [2.05, 4.69) is 21.3 Å². The summed E-state index contributed by atoms with van der Waals surface area (Å²) in [5.41, 5.74) is 3.05. The molecular formula is C23H29N5O3. The number of carbonyl (C=O) groups excluding carboxylic acids is 3. The number of carbonyl (C=O) groups is 3. The molecule has 1 fully saturated rings. The minimum absolute atomic E-state index is 0.000610. The average Bonchev–Trinajstić information content (AvgIpc) is 2.77. The number of amides is 5. The van der Waals surface area contributed by atoms with Crippen LogP contribution >= 0.6 is 0 Å². The van der Waals surface area contributed by atoms with Crippen LogP contribution in [0.15, 0.2) is 48.5 Å². The number of piperidine rings is 1. The van der Waals surface area contributed by atoms with E-state index in [4.69, 9.17) is 0 Å². The number of rotatable bonds is 5. The molecule has 0 saturated carbocycles. The lowest BCUT2D eigenvalue weighted by atomic mass is 9.97. The molecule has 0 aromatic heterocycles. The molecule has 3 rings (SSSR count). The molecule has 8 heteroatoms. The van der Waals surface area contributed by atoms with E-state index in [1.807, 2.05) is 38.1 Å². The molecule has 31 heavy (non-hydrogen) atoms. The molecule has 0 spiro atoms. The standard InChI is InChI=1S/C23H29N5O3/c1-3-24-21(29)17-5-4-14-28(15-17)23(31)27-20-12-10-19(11-13-20)26-22(30)25-18-8-6-16(2)7-9-18/h6-13,17H,3-5,14-15H2,1-2H3,(H,24,29)(H,27,31)(H2,25,26,30)/t17-/m1/s1. The fourth-order valence-corrected chi connectivity index (χ4v) is 3.46. The summed E-state index contributed by atoms with van der Waals surface area (Å²) in [7, 11) is 0. The number of anilines is 3. The highest BCUT2D eigenvalue weighted by atomic mass is 16.2. The van der Waals surface area contributed by atoms with Crippen molar-refractivity contribution >= 4 is 35.0 Å². The van der Waals surface area contributed by atoms with E-state index < -0.39 is 0 Å². The molecule has 1 aliphatic heterocycles. The molecule has 8 nitrogen and oxygen atoms in total. The summed E-state index contributed by atoms with van der Waals surface area (Å²) < 4.78 is 0. The maximum atomic E-state index is 12.6. The number of aryl methyl sites for hydroxylation is 1. The first-order valence-electron chi connectivity index (χ1n) is 10.5. The van der Waals surface area contributed by atoms with Gasteiger partial charge in [-0.1, -0.05) is 17.7 Å². The first-order valence-corrected chi connectivity index (χ1v) is 10.5. The summed E-state index contributed by atoms with van der Waals surface area (Å²) in [6, 6.07) is 13.8. The number of urea groups is 2. The summed E-state index contributed by atoms with van der Waals surface area (Å²) in [5.74, 6) is -0.169. The SMILES string of the molecule is CCNC(=O)[C@@H]1CCCN(C(=O)Nc2ccc(NC(=O)Nc3ccc(C)cc3)cc2)C1. The first-order chi connectivity index (χ1) is 14.9. The van der Waals surface area contributed by atoms with Gasteiger partial charge in [-0.2, -0.15) is 0 Å². The predicted molar refractivity (Wildman–Crippen MR) is 122 cm³/mol. The van der Waals surface area contributed by atoms with Gasteiger partial charge in [0.05, 0.1) is 5.92 Å². The number of nitrogens with zero attached hydrogens (tertiary/aromatic N) is 1.